The van der Waals surface area contributed by atoms with Crippen molar-refractivity contribution in [2.24, 2.45) is 0 Å². The summed E-state index contributed by atoms with van der Waals surface area (Å²) < 4.78 is 10.2. The standard InChI is InChI=1S/C30H28NO6PS/c1-22(32)21-37-30(35)29(31-26(33)20-27(31)39-19-18-28(34)36-2)38(23-12-6-3-7-13-23,24-14-8-4-9-15-24)25-16-10-5-11-17-25/h3-19,27H,20-21H2,1-2H3/b19-18-. The summed E-state index contributed by atoms with van der Waals surface area (Å²) in [5, 5.41) is 3.65. The van der Waals surface area contributed by atoms with Crippen molar-refractivity contribution in [3.05, 3.63) is 102 Å². The molecule has 0 spiro atoms. The van der Waals surface area contributed by atoms with Gasteiger partial charge in [-0.3, -0.25) is 14.5 Å². The maximum absolute atomic E-state index is 14.1. The van der Waals surface area contributed by atoms with Crippen molar-refractivity contribution < 1.29 is 28.7 Å². The quantitative estimate of drug-likeness (QED) is 0.163. The van der Waals surface area contributed by atoms with Gasteiger partial charge in [0.15, 0.2) is 5.78 Å². The molecule has 4 rings (SSSR count). The summed E-state index contributed by atoms with van der Waals surface area (Å²) in [4.78, 5) is 52.4. The molecule has 200 valence electrons. The van der Waals surface area contributed by atoms with Gasteiger partial charge >= 0.3 is 11.9 Å². The van der Waals surface area contributed by atoms with Gasteiger partial charge < -0.3 is 9.47 Å². The molecule has 3 aromatic rings. The second-order valence-corrected chi connectivity index (χ2v) is 13.1. The number of ether oxygens (including phenoxy) is 2. The molecule has 1 fully saturated rings. The first-order chi connectivity index (χ1) is 18.9. The van der Waals surface area contributed by atoms with Gasteiger partial charge in [-0.1, -0.05) is 91.0 Å². The lowest BCUT2D eigenvalue weighted by Crippen LogP contribution is -2.58. The molecule has 0 saturated carbocycles. The molecule has 0 N–H and O–H groups in total. The van der Waals surface area contributed by atoms with Gasteiger partial charge in [0.25, 0.3) is 0 Å². The van der Waals surface area contributed by atoms with E-state index < -0.39 is 30.8 Å². The summed E-state index contributed by atoms with van der Waals surface area (Å²) in [5.41, 5.74) is 0.188. The molecule has 0 aromatic heterocycles. The Morgan fingerprint density at radius 3 is 1.79 bits per heavy atom. The highest BCUT2D eigenvalue weighted by atomic mass is 32.2. The molecule has 1 atom stereocenters. The minimum atomic E-state index is -3.03. The van der Waals surface area contributed by atoms with Crippen LogP contribution < -0.4 is 15.9 Å². The predicted octanol–water partition coefficient (Wildman–Crippen LogP) is 3.22. The molecule has 9 heteroatoms. The van der Waals surface area contributed by atoms with E-state index >= 15 is 0 Å². The van der Waals surface area contributed by atoms with Crippen LogP contribution in [0.3, 0.4) is 0 Å². The van der Waals surface area contributed by atoms with Crippen molar-refractivity contribution in [2.75, 3.05) is 13.7 Å². The smallest absolute Gasteiger partial charge is 0.356 e. The van der Waals surface area contributed by atoms with Crippen LogP contribution in [-0.2, 0) is 28.7 Å². The Kier molecular flexibility index (Phi) is 9.23. The number of ketones is 1. The lowest BCUT2D eigenvalue weighted by atomic mass is 10.2. The number of thioether (sulfide) groups is 1. The molecule has 1 heterocycles. The molecule has 1 saturated heterocycles. The first kappa shape index (κ1) is 28.1. The number of carbonyl (C=O) groups is 4. The molecule has 1 aliphatic rings. The van der Waals surface area contributed by atoms with Gasteiger partial charge in [-0.05, 0) is 28.2 Å². The molecule has 1 aliphatic heterocycles. The molecule has 0 aliphatic carbocycles. The SMILES string of the molecule is COC(=O)/C=C\SC1CC(=O)N1C(C(=O)OCC(C)=O)=P(c1ccccc1)(c1ccccc1)c1ccccc1. The number of hydrogen-bond acceptors (Lipinski definition) is 7. The number of benzene rings is 3. The Balaban J connectivity index is 2.08. The first-order valence-corrected chi connectivity index (χ1v) is 14.9. The fourth-order valence-corrected chi connectivity index (χ4v) is 9.83. The molecular weight excluding hydrogens is 533 g/mol. The summed E-state index contributed by atoms with van der Waals surface area (Å²) in [6.07, 6.45) is 1.44. The van der Waals surface area contributed by atoms with Crippen LogP contribution in [0.4, 0.5) is 0 Å². The van der Waals surface area contributed by atoms with Gasteiger partial charge in [0.2, 0.25) is 5.91 Å². The van der Waals surface area contributed by atoms with Gasteiger partial charge in [0, 0.05) is 13.0 Å². The average molecular weight is 562 g/mol. The lowest BCUT2D eigenvalue weighted by molar-refractivity contribution is -0.144. The molecule has 7 nitrogen and oxygen atoms in total. The Bertz CT molecular complexity index is 1340. The summed E-state index contributed by atoms with van der Waals surface area (Å²) in [7, 11) is 1.28. The molecule has 0 bridgehead atoms. The second kappa shape index (κ2) is 12.8. The fourth-order valence-electron chi connectivity index (χ4n) is 4.40. The van der Waals surface area contributed by atoms with E-state index in [0.717, 1.165) is 15.9 Å². The Labute approximate surface area is 231 Å². The number of esters is 2. The highest BCUT2D eigenvalue weighted by Gasteiger charge is 2.47. The van der Waals surface area contributed by atoms with E-state index in [2.05, 4.69) is 4.74 Å². The predicted molar refractivity (Wildman–Crippen MR) is 156 cm³/mol. The number of hydrogen-bond donors (Lipinski definition) is 0. The molecule has 39 heavy (non-hydrogen) atoms. The third-order valence-corrected chi connectivity index (χ3v) is 11.3. The van der Waals surface area contributed by atoms with Gasteiger partial charge in [0.05, 0.1) is 18.9 Å². The van der Waals surface area contributed by atoms with Crippen LogP contribution in [0.15, 0.2) is 102 Å². The molecular formula is C30H28NO6PS. The number of carbonyl (C=O) groups excluding carboxylic acids is 4. The Morgan fingerprint density at radius 2 is 1.38 bits per heavy atom. The third kappa shape index (κ3) is 5.92. The number of β-lactam (4-membered cyclic amide) rings is 1. The van der Waals surface area contributed by atoms with Crippen LogP contribution in [0.2, 0.25) is 0 Å². The minimum absolute atomic E-state index is 0.165. The van der Waals surface area contributed by atoms with Crippen molar-refractivity contribution in [2.45, 2.75) is 18.7 Å². The van der Waals surface area contributed by atoms with Crippen LogP contribution >= 0.6 is 18.6 Å². The number of nitrogens with zero attached hydrogens (tertiary/aromatic N) is 1. The second-order valence-electron chi connectivity index (χ2n) is 8.66. The Morgan fingerprint density at radius 1 is 0.897 bits per heavy atom. The zero-order chi connectivity index (χ0) is 27.8. The summed E-state index contributed by atoms with van der Waals surface area (Å²) >= 11 is 1.24. The van der Waals surface area contributed by atoms with Gasteiger partial charge in [-0.2, -0.15) is 0 Å². The van der Waals surface area contributed by atoms with Crippen molar-refractivity contribution in [3.63, 3.8) is 0 Å². The van der Waals surface area contributed by atoms with Gasteiger partial charge in [-0.25, -0.2) is 9.59 Å². The average Bonchev–Trinajstić information content (AvgIpc) is 2.96. The Hall–Kier alpha value is -3.87. The van der Waals surface area contributed by atoms with Crippen LogP contribution in [0.5, 0.6) is 0 Å². The van der Waals surface area contributed by atoms with Gasteiger partial charge in [-0.15, -0.1) is 11.8 Å². The summed E-state index contributed by atoms with van der Waals surface area (Å²) in [5.74, 6) is -1.82. The zero-order valence-electron chi connectivity index (χ0n) is 21.6. The maximum Gasteiger partial charge on any atom is 0.356 e. The minimum Gasteiger partial charge on any atom is -0.466 e. The van der Waals surface area contributed by atoms with Crippen molar-refractivity contribution in [1.82, 2.24) is 4.90 Å². The largest absolute Gasteiger partial charge is 0.466 e. The molecule has 1 amide bonds. The van der Waals surface area contributed by atoms with E-state index in [4.69, 9.17) is 4.74 Å². The maximum atomic E-state index is 14.1. The van der Waals surface area contributed by atoms with Crippen molar-refractivity contribution in [3.8, 4) is 0 Å². The highest BCUT2D eigenvalue weighted by molar-refractivity contribution is 8.03. The number of methoxy groups -OCH3 is 1. The number of Topliss-reactive ketones (excluding diaryl/α,β-unsaturated/α-hetero) is 1. The van der Waals surface area contributed by atoms with Crippen LogP contribution in [0.25, 0.3) is 0 Å². The van der Waals surface area contributed by atoms with Crippen LogP contribution in [0, 0.1) is 0 Å². The number of likely N-dealkylation sites (tertiary alicyclic amines) is 1. The first-order valence-electron chi connectivity index (χ1n) is 12.2. The van der Waals surface area contributed by atoms with E-state index in [-0.39, 0.29) is 23.5 Å². The van der Waals surface area contributed by atoms with E-state index in [1.807, 2.05) is 91.0 Å². The van der Waals surface area contributed by atoms with Crippen LogP contribution in [-0.4, -0.2) is 53.0 Å². The third-order valence-electron chi connectivity index (χ3n) is 6.11. The van der Waals surface area contributed by atoms with E-state index in [1.54, 1.807) is 5.41 Å². The number of amides is 1. The molecule has 0 radical (unpaired) electrons. The topological polar surface area (TPSA) is 90.0 Å². The monoisotopic (exact) mass is 561 g/mol. The van der Waals surface area contributed by atoms with Gasteiger partial charge in [0.1, 0.15) is 12.0 Å². The highest BCUT2D eigenvalue weighted by Crippen LogP contribution is 2.49. The number of rotatable bonds is 10. The summed E-state index contributed by atoms with van der Waals surface area (Å²) in [6, 6.07) is 28.8. The van der Waals surface area contributed by atoms with E-state index in [1.165, 1.54) is 36.8 Å². The lowest BCUT2D eigenvalue weighted by Gasteiger charge is -2.44. The molecule has 3 aromatic carbocycles. The van der Waals surface area contributed by atoms with Crippen molar-refractivity contribution in [1.29, 1.82) is 0 Å². The normalized spacial score (nSPS) is 15.0. The van der Waals surface area contributed by atoms with Crippen molar-refractivity contribution >= 4 is 63.6 Å². The van der Waals surface area contributed by atoms with E-state index in [9.17, 15) is 19.2 Å². The summed E-state index contributed by atoms with van der Waals surface area (Å²) in [6.45, 7) is -2.10. The van der Waals surface area contributed by atoms with E-state index in [0.29, 0.717) is 0 Å². The fraction of sp³-hybridized carbons (Fsp3) is 0.167. The molecule has 1 unspecified atom stereocenters. The van der Waals surface area contributed by atoms with Crippen LogP contribution in [0.1, 0.15) is 13.3 Å². The zero-order valence-corrected chi connectivity index (χ0v) is 23.3.